The van der Waals surface area contributed by atoms with Crippen molar-refractivity contribution in [2.75, 3.05) is 17.7 Å². The zero-order valence-corrected chi connectivity index (χ0v) is 17.4. The number of anilines is 2. The van der Waals surface area contributed by atoms with Gasteiger partial charge >= 0.3 is 11.9 Å². The van der Waals surface area contributed by atoms with Gasteiger partial charge in [0.2, 0.25) is 5.91 Å². The van der Waals surface area contributed by atoms with Gasteiger partial charge in [-0.3, -0.25) is 14.4 Å². The summed E-state index contributed by atoms with van der Waals surface area (Å²) in [4.78, 5) is 49.1. The van der Waals surface area contributed by atoms with E-state index < -0.39 is 35.6 Å². The predicted octanol–water partition coefficient (Wildman–Crippen LogP) is 3.31. The summed E-state index contributed by atoms with van der Waals surface area (Å²) in [6.07, 6.45) is 4.43. The van der Waals surface area contributed by atoms with Crippen molar-refractivity contribution >= 4 is 56.4 Å². The van der Waals surface area contributed by atoms with Gasteiger partial charge in [-0.2, -0.15) is 0 Å². The van der Waals surface area contributed by atoms with E-state index in [-0.39, 0.29) is 23.0 Å². The van der Waals surface area contributed by atoms with Gasteiger partial charge in [-0.05, 0) is 41.1 Å². The lowest BCUT2D eigenvalue weighted by Gasteiger charge is -2.23. The van der Waals surface area contributed by atoms with Crippen molar-refractivity contribution < 1.29 is 29.0 Å². The summed E-state index contributed by atoms with van der Waals surface area (Å²) in [6.45, 7) is 0. The average molecular weight is 447 g/mol. The Morgan fingerprint density at radius 3 is 2.20 bits per heavy atom. The topological polar surface area (TPSA) is 122 Å². The molecule has 2 bridgehead atoms. The first-order chi connectivity index (χ1) is 14.4. The first kappa shape index (κ1) is 20.3. The number of allylic oxidation sites excluding steroid dienone is 2. The molecular formula is C20H18N2O6S2. The number of ether oxygens (including phenoxy) is 1. The number of carbonyl (C=O) groups excluding carboxylic acids is 3. The SMILES string of the molecule is COC(=O)c1ccsc1NC(=O)c1ccsc1NC(=O)[C@@H]1[C@@H](C(=O)O)[C@H]2C=C[C@@H]1C2. The number of amides is 2. The maximum atomic E-state index is 12.9. The third kappa shape index (κ3) is 3.52. The lowest BCUT2D eigenvalue weighted by atomic mass is 9.82. The number of carboxylic acids is 1. The molecule has 2 aliphatic carbocycles. The fraction of sp³-hybridized carbons (Fsp3) is 0.300. The summed E-state index contributed by atoms with van der Waals surface area (Å²) < 4.78 is 4.70. The van der Waals surface area contributed by atoms with Crippen LogP contribution in [0, 0.1) is 23.7 Å². The van der Waals surface area contributed by atoms with Crippen molar-refractivity contribution in [3.63, 3.8) is 0 Å². The van der Waals surface area contributed by atoms with Crippen LogP contribution in [0.15, 0.2) is 35.0 Å². The van der Waals surface area contributed by atoms with Gasteiger partial charge in [-0.25, -0.2) is 4.79 Å². The van der Waals surface area contributed by atoms with Crippen molar-refractivity contribution in [1.29, 1.82) is 0 Å². The number of carbonyl (C=O) groups is 4. The van der Waals surface area contributed by atoms with Crippen LogP contribution in [-0.4, -0.2) is 36.0 Å². The second-order valence-corrected chi connectivity index (χ2v) is 8.93. The first-order valence-corrected chi connectivity index (χ1v) is 10.9. The molecule has 4 rings (SSSR count). The Morgan fingerprint density at radius 2 is 1.57 bits per heavy atom. The van der Waals surface area contributed by atoms with Gasteiger partial charge in [0.1, 0.15) is 10.0 Å². The van der Waals surface area contributed by atoms with Crippen LogP contribution in [0.1, 0.15) is 27.1 Å². The largest absolute Gasteiger partial charge is 0.481 e. The second kappa shape index (κ2) is 8.04. The van der Waals surface area contributed by atoms with E-state index in [2.05, 4.69) is 10.6 Å². The van der Waals surface area contributed by atoms with Gasteiger partial charge in [0, 0.05) is 0 Å². The number of nitrogens with one attached hydrogen (secondary N) is 2. The minimum atomic E-state index is -0.982. The molecule has 0 aromatic carbocycles. The van der Waals surface area contributed by atoms with Crippen molar-refractivity contribution in [1.82, 2.24) is 0 Å². The number of thiophene rings is 2. The third-order valence-electron chi connectivity index (χ3n) is 5.49. The highest BCUT2D eigenvalue weighted by Crippen LogP contribution is 2.48. The van der Waals surface area contributed by atoms with Crippen molar-refractivity contribution in [2.24, 2.45) is 23.7 Å². The monoisotopic (exact) mass is 446 g/mol. The molecule has 10 heteroatoms. The van der Waals surface area contributed by atoms with E-state index in [4.69, 9.17) is 4.74 Å². The van der Waals surface area contributed by atoms with Gasteiger partial charge in [0.05, 0.1) is 30.1 Å². The number of fused-ring (bicyclic) bond motifs is 2. The zero-order valence-electron chi connectivity index (χ0n) is 15.8. The summed E-state index contributed by atoms with van der Waals surface area (Å²) in [7, 11) is 1.26. The molecule has 156 valence electrons. The van der Waals surface area contributed by atoms with Crippen LogP contribution in [-0.2, 0) is 14.3 Å². The van der Waals surface area contributed by atoms with E-state index in [0.717, 1.165) is 0 Å². The predicted molar refractivity (Wildman–Crippen MR) is 112 cm³/mol. The summed E-state index contributed by atoms with van der Waals surface area (Å²) in [5, 5.41) is 19.0. The molecule has 8 nitrogen and oxygen atoms in total. The lowest BCUT2D eigenvalue weighted by molar-refractivity contribution is -0.146. The van der Waals surface area contributed by atoms with E-state index in [0.29, 0.717) is 16.4 Å². The number of hydrogen-bond donors (Lipinski definition) is 3. The average Bonchev–Trinajstić information content (AvgIpc) is 3.50. The number of methoxy groups -OCH3 is 1. The van der Waals surface area contributed by atoms with Crippen molar-refractivity contribution in [2.45, 2.75) is 6.42 Å². The molecule has 0 unspecified atom stereocenters. The number of esters is 1. The number of rotatable bonds is 6. The van der Waals surface area contributed by atoms with Crippen LogP contribution in [0.5, 0.6) is 0 Å². The van der Waals surface area contributed by atoms with Gasteiger partial charge < -0.3 is 20.5 Å². The van der Waals surface area contributed by atoms with Crippen LogP contribution in [0.25, 0.3) is 0 Å². The van der Waals surface area contributed by atoms with Gasteiger partial charge in [0.25, 0.3) is 5.91 Å². The number of hydrogen-bond acceptors (Lipinski definition) is 7. The van der Waals surface area contributed by atoms with E-state index >= 15 is 0 Å². The minimum absolute atomic E-state index is 0.109. The third-order valence-corrected chi connectivity index (χ3v) is 7.15. The summed E-state index contributed by atoms with van der Waals surface area (Å²) in [5.41, 5.74) is 0.484. The Morgan fingerprint density at radius 1 is 0.967 bits per heavy atom. The lowest BCUT2D eigenvalue weighted by Crippen LogP contribution is -2.36. The summed E-state index contributed by atoms with van der Waals surface area (Å²) >= 11 is 2.36. The summed E-state index contributed by atoms with van der Waals surface area (Å²) in [5.74, 6) is -4.10. The number of carboxylic acid groups (broad SMARTS) is 1. The highest BCUT2D eigenvalue weighted by molar-refractivity contribution is 7.15. The highest BCUT2D eigenvalue weighted by Gasteiger charge is 2.51. The smallest absolute Gasteiger partial charge is 0.340 e. The first-order valence-electron chi connectivity index (χ1n) is 9.17. The second-order valence-electron chi connectivity index (χ2n) is 7.10. The molecule has 2 heterocycles. The van der Waals surface area contributed by atoms with Gasteiger partial charge in [0.15, 0.2) is 0 Å². The van der Waals surface area contributed by atoms with Crippen LogP contribution < -0.4 is 10.6 Å². The Hall–Kier alpha value is -2.98. The number of aliphatic carboxylic acids is 1. The molecule has 3 N–H and O–H groups in total. The standard InChI is InChI=1S/C20H18N2O6S2/c1-28-20(27)12-5-7-30-18(12)21-15(23)11-4-6-29-17(11)22-16(24)13-9-2-3-10(8-9)14(13)19(25)26/h2-7,9-10,13-14H,8H2,1H3,(H,21,23)(H,22,24)(H,25,26)/t9-,10+,13+,14+/m1/s1. The molecule has 0 saturated heterocycles. The van der Waals surface area contributed by atoms with E-state index in [9.17, 15) is 24.3 Å². The minimum Gasteiger partial charge on any atom is -0.481 e. The Balaban J connectivity index is 1.50. The van der Waals surface area contributed by atoms with Crippen LogP contribution in [0.4, 0.5) is 10.0 Å². The molecule has 1 fully saturated rings. The maximum Gasteiger partial charge on any atom is 0.340 e. The van der Waals surface area contributed by atoms with Gasteiger partial charge in [-0.1, -0.05) is 12.2 Å². The quantitative estimate of drug-likeness (QED) is 0.462. The van der Waals surface area contributed by atoms with E-state index in [1.807, 2.05) is 12.2 Å². The van der Waals surface area contributed by atoms with Crippen LogP contribution in [0.2, 0.25) is 0 Å². The Kier molecular flexibility index (Phi) is 5.44. The van der Waals surface area contributed by atoms with Crippen molar-refractivity contribution in [3.8, 4) is 0 Å². The Bertz CT molecular complexity index is 1060. The normalized spacial score (nSPS) is 23.9. The molecule has 0 aliphatic heterocycles. The van der Waals surface area contributed by atoms with Crippen LogP contribution in [0.3, 0.4) is 0 Å². The maximum absolute atomic E-state index is 12.9. The zero-order chi connectivity index (χ0) is 21.4. The fourth-order valence-electron chi connectivity index (χ4n) is 4.14. The van der Waals surface area contributed by atoms with Gasteiger partial charge in [-0.15, -0.1) is 22.7 Å². The molecule has 1 saturated carbocycles. The molecule has 2 aliphatic rings. The van der Waals surface area contributed by atoms with E-state index in [1.165, 1.54) is 29.8 Å². The molecule has 30 heavy (non-hydrogen) atoms. The summed E-state index contributed by atoms with van der Waals surface area (Å²) in [6, 6.07) is 3.12. The van der Waals surface area contributed by atoms with E-state index in [1.54, 1.807) is 22.9 Å². The molecule has 2 aromatic heterocycles. The van der Waals surface area contributed by atoms with Crippen molar-refractivity contribution in [3.05, 3.63) is 46.2 Å². The van der Waals surface area contributed by atoms with Crippen LogP contribution >= 0.6 is 22.7 Å². The Labute approximate surface area is 179 Å². The molecule has 4 atom stereocenters. The molecule has 2 amide bonds. The molecule has 0 radical (unpaired) electrons. The highest BCUT2D eigenvalue weighted by atomic mass is 32.1. The molecule has 2 aromatic rings. The molecule has 0 spiro atoms. The fourth-order valence-corrected chi connectivity index (χ4v) is 5.70. The molecular weight excluding hydrogens is 428 g/mol.